The van der Waals surface area contributed by atoms with Crippen LogP contribution >= 0.6 is 0 Å². The summed E-state index contributed by atoms with van der Waals surface area (Å²) in [6, 6.07) is 16.5. The molecule has 0 atom stereocenters. The molecule has 0 spiro atoms. The highest BCUT2D eigenvalue weighted by Crippen LogP contribution is 2.30. The van der Waals surface area contributed by atoms with Gasteiger partial charge in [0.25, 0.3) is 0 Å². The van der Waals surface area contributed by atoms with Crippen molar-refractivity contribution in [1.29, 1.82) is 0 Å². The second-order valence-corrected chi connectivity index (χ2v) is 5.63. The van der Waals surface area contributed by atoms with E-state index in [-0.39, 0.29) is 0 Å². The monoisotopic (exact) mass is 301 g/mol. The lowest BCUT2D eigenvalue weighted by Crippen LogP contribution is -2.11. The molecule has 0 bridgehead atoms. The van der Waals surface area contributed by atoms with Crippen molar-refractivity contribution in [1.82, 2.24) is 0 Å². The zero-order valence-electron chi connectivity index (χ0n) is 14.0. The van der Waals surface area contributed by atoms with Crippen LogP contribution in [-0.2, 0) is 0 Å². The Morgan fingerprint density at radius 2 is 1.48 bits per heavy atom. The first-order chi connectivity index (χ1) is 11.1. The Kier molecular flexibility index (Phi) is 5.83. The highest BCUT2D eigenvalue weighted by Gasteiger charge is 2.12. The molecule has 2 aromatic carbocycles. The molecular formula is C22H23N. The number of rotatable bonds is 3. The fraction of sp³-hybridized carbons (Fsp3) is 0.182. The number of anilines is 2. The summed E-state index contributed by atoms with van der Waals surface area (Å²) in [5, 5.41) is 0. The Labute approximate surface area is 140 Å². The molecular weight excluding hydrogens is 278 g/mol. The van der Waals surface area contributed by atoms with Crippen molar-refractivity contribution in [3.63, 3.8) is 0 Å². The van der Waals surface area contributed by atoms with E-state index in [1.807, 2.05) is 37.3 Å². The van der Waals surface area contributed by atoms with Crippen molar-refractivity contribution in [3.8, 4) is 11.8 Å². The Bertz CT molecular complexity index is 707. The maximum absolute atomic E-state index is 3.74. The number of allylic oxidation sites excluding steroid dienone is 2. The molecule has 0 amide bonds. The van der Waals surface area contributed by atoms with Crippen LogP contribution in [-0.4, -0.2) is 7.05 Å². The molecule has 116 valence electrons. The van der Waals surface area contributed by atoms with E-state index in [1.165, 1.54) is 16.9 Å². The average molecular weight is 301 g/mol. The van der Waals surface area contributed by atoms with Gasteiger partial charge in [-0.3, -0.25) is 0 Å². The van der Waals surface area contributed by atoms with E-state index in [9.17, 15) is 0 Å². The standard InChI is InChI=1S/C15H11N.C7H12/c1-16-14-8-4-2-6-12(14)10-11-13-7-3-5-9-15(13)16;1-4-5-6-7(2)3/h2-9H,1H3;4H,1-2,5-6H2,3H3. The van der Waals surface area contributed by atoms with Gasteiger partial charge in [-0.15, -0.1) is 13.2 Å². The number of nitrogens with zero attached hydrogens (tertiary/aromatic N) is 1. The summed E-state index contributed by atoms with van der Waals surface area (Å²) >= 11 is 0. The van der Waals surface area contributed by atoms with Crippen LogP contribution in [0.4, 0.5) is 11.4 Å². The maximum atomic E-state index is 3.74. The van der Waals surface area contributed by atoms with Crippen molar-refractivity contribution in [3.05, 3.63) is 84.5 Å². The zero-order chi connectivity index (χ0) is 16.7. The van der Waals surface area contributed by atoms with Gasteiger partial charge in [-0.2, -0.15) is 0 Å². The summed E-state index contributed by atoms with van der Waals surface area (Å²) in [5.74, 6) is 6.44. The molecule has 0 unspecified atom stereocenters. The molecule has 23 heavy (non-hydrogen) atoms. The minimum Gasteiger partial charge on any atom is -0.343 e. The van der Waals surface area contributed by atoms with E-state index >= 15 is 0 Å². The summed E-state index contributed by atoms with van der Waals surface area (Å²) in [7, 11) is 2.08. The van der Waals surface area contributed by atoms with Gasteiger partial charge in [0.15, 0.2) is 0 Å². The zero-order valence-corrected chi connectivity index (χ0v) is 14.0. The molecule has 3 rings (SSSR count). The lowest BCUT2D eigenvalue weighted by atomic mass is 10.1. The Balaban J connectivity index is 0.000000236. The summed E-state index contributed by atoms with van der Waals surface area (Å²) < 4.78 is 0. The predicted molar refractivity (Wildman–Crippen MR) is 101 cm³/mol. The van der Waals surface area contributed by atoms with E-state index in [1.54, 1.807) is 0 Å². The molecule has 2 aromatic rings. The molecule has 1 heterocycles. The molecule has 0 saturated carbocycles. The Morgan fingerprint density at radius 3 is 1.87 bits per heavy atom. The fourth-order valence-corrected chi connectivity index (χ4v) is 2.36. The van der Waals surface area contributed by atoms with E-state index in [4.69, 9.17) is 0 Å². The van der Waals surface area contributed by atoms with Gasteiger partial charge in [0.1, 0.15) is 0 Å². The van der Waals surface area contributed by atoms with Gasteiger partial charge < -0.3 is 4.90 Å². The molecule has 1 aliphatic heterocycles. The second-order valence-electron chi connectivity index (χ2n) is 5.63. The van der Waals surface area contributed by atoms with Gasteiger partial charge in [0, 0.05) is 18.2 Å². The van der Waals surface area contributed by atoms with Crippen molar-refractivity contribution in [2.45, 2.75) is 19.8 Å². The van der Waals surface area contributed by atoms with Gasteiger partial charge >= 0.3 is 0 Å². The minimum atomic E-state index is 1.06. The van der Waals surface area contributed by atoms with Crippen LogP contribution in [0.15, 0.2) is 73.3 Å². The lowest BCUT2D eigenvalue weighted by Gasteiger charge is -2.20. The van der Waals surface area contributed by atoms with Crippen molar-refractivity contribution >= 4 is 11.4 Å². The van der Waals surface area contributed by atoms with Crippen LogP contribution in [0.2, 0.25) is 0 Å². The SMILES string of the molecule is C=CCCC(=C)C.CN1c2ccccc2C#Cc2ccccc21. The van der Waals surface area contributed by atoms with Gasteiger partial charge in [-0.1, -0.05) is 47.8 Å². The quantitative estimate of drug-likeness (QED) is 0.519. The molecule has 1 heteroatoms. The normalized spacial score (nSPS) is 10.8. The highest BCUT2D eigenvalue weighted by molar-refractivity contribution is 5.76. The molecule has 0 saturated heterocycles. The number of hydrogen-bond donors (Lipinski definition) is 0. The number of fused-ring (bicyclic) bond motifs is 2. The van der Waals surface area contributed by atoms with E-state index in [0.29, 0.717) is 0 Å². The molecule has 0 radical (unpaired) electrons. The fourth-order valence-electron chi connectivity index (χ4n) is 2.36. The third-order valence-electron chi connectivity index (χ3n) is 3.64. The van der Waals surface area contributed by atoms with E-state index in [0.717, 1.165) is 24.0 Å². The molecule has 0 aromatic heterocycles. The van der Waals surface area contributed by atoms with Crippen LogP contribution in [0, 0.1) is 11.8 Å². The van der Waals surface area contributed by atoms with E-state index < -0.39 is 0 Å². The first kappa shape index (κ1) is 16.6. The second kappa shape index (κ2) is 8.06. The average Bonchev–Trinajstić information content (AvgIpc) is 2.72. The molecule has 0 aliphatic carbocycles. The van der Waals surface area contributed by atoms with E-state index in [2.05, 4.69) is 61.2 Å². The molecule has 1 aliphatic rings. The predicted octanol–water partition coefficient (Wildman–Crippen LogP) is 5.70. The Hall–Kier alpha value is -2.72. The molecule has 0 fully saturated rings. The van der Waals surface area contributed by atoms with Gasteiger partial charge in [-0.25, -0.2) is 0 Å². The van der Waals surface area contributed by atoms with Crippen molar-refractivity contribution in [2.75, 3.05) is 11.9 Å². The van der Waals surface area contributed by atoms with Crippen LogP contribution in [0.25, 0.3) is 0 Å². The van der Waals surface area contributed by atoms with Crippen molar-refractivity contribution < 1.29 is 0 Å². The van der Waals surface area contributed by atoms with Gasteiger partial charge in [-0.05, 0) is 44.0 Å². The smallest absolute Gasteiger partial charge is 0.0567 e. The van der Waals surface area contributed by atoms with Crippen LogP contribution in [0.3, 0.4) is 0 Å². The topological polar surface area (TPSA) is 3.24 Å². The number of benzene rings is 2. The first-order valence-corrected chi connectivity index (χ1v) is 7.82. The van der Waals surface area contributed by atoms with Gasteiger partial charge in [0.2, 0.25) is 0 Å². The number of para-hydroxylation sites is 2. The molecule has 0 N–H and O–H groups in total. The maximum Gasteiger partial charge on any atom is 0.0567 e. The first-order valence-electron chi connectivity index (χ1n) is 7.82. The van der Waals surface area contributed by atoms with Gasteiger partial charge in [0.05, 0.1) is 11.4 Å². The largest absolute Gasteiger partial charge is 0.343 e. The summed E-state index contributed by atoms with van der Waals surface area (Å²) in [6.45, 7) is 9.37. The lowest BCUT2D eigenvalue weighted by molar-refractivity contribution is 0.986. The van der Waals surface area contributed by atoms with Crippen LogP contribution < -0.4 is 4.90 Å². The highest BCUT2D eigenvalue weighted by atomic mass is 15.1. The Morgan fingerprint density at radius 1 is 1.00 bits per heavy atom. The molecule has 1 nitrogen and oxygen atoms in total. The minimum absolute atomic E-state index is 1.06. The van der Waals surface area contributed by atoms with Crippen molar-refractivity contribution in [2.24, 2.45) is 0 Å². The third-order valence-corrected chi connectivity index (χ3v) is 3.64. The van der Waals surface area contributed by atoms with Crippen LogP contribution in [0.1, 0.15) is 30.9 Å². The van der Waals surface area contributed by atoms with Crippen LogP contribution in [0.5, 0.6) is 0 Å². The summed E-state index contributed by atoms with van der Waals surface area (Å²) in [4.78, 5) is 2.18. The summed E-state index contributed by atoms with van der Waals surface area (Å²) in [6.07, 6.45) is 4.06. The summed E-state index contributed by atoms with van der Waals surface area (Å²) in [5.41, 5.74) is 5.74. The third kappa shape index (κ3) is 4.37. The number of hydrogen-bond acceptors (Lipinski definition) is 1.